The molecule has 5 nitrogen and oxygen atoms in total. The number of benzene rings is 1. The molecule has 21 heavy (non-hydrogen) atoms. The monoisotopic (exact) mass is 280 g/mol. The third-order valence-electron chi connectivity index (χ3n) is 3.49. The lowest BCUT2D eigenvalue weighted by atomic mass is 10.1. The van der Waals surface area contributed by atoms with E-state index in [4.69, 9.17) is 0 Å². The Bertz CT molecular complexity index is 815. The fourth-order valence-electron chi connectivity index (χ4n) is 2.37. The zero-order chi connectivity index (χ0) is 15.0. The van der Waals surface area contributed by atoms with Crippen molar-refractivity contribution in [2.75, 3.05) is 5.32 Å². The number of hydrogen-bond donors (Lipinski definition) is 1. The molecule has 0 saturated carbocycles. The zero-order valence-corrected chi connectivity index (χ0v) is 12.2. The second-order valence-electron chi connectivity index (χ2n) is 5.10. The van der Waals surface area contributed by atoms with Crippen LogP contribution in [-0.2, 0) is 0 Å². The highest BCUT2D eigenvalue weighted by molar-refractivity contribution is 6.04. The fraction of sp³-hybridized carbons (Fsp3) is 0.188. The molecule has 0 saturated heterocycles. The Morgan fingerprint density at radius 3 is 2.57 bits per heavy atom. The highest BCUT2D eigenvalue weighted by Crippen LogP contribution is 2.20. The lowest BCUT2D eigenvalue weighted by Gasteiger charge is -2.11. The molecular formula is C16H16N4O. The minimum absolute atomic E-state index is 0.209. The van der Waals surface area contributed by atoms with Gasteiger partial charge in [-0.05, 0) is 38.0 Å². The lowest BCUT2D eigenvalue weighted by Crippen LogP contribution is -2.16. The molecule has 106 valence electrons. The largest absolute Gasteiger partial charge is 0.320 e. The number of hydrogen-bond acceptors (Lipinski definition) is 3. The van der Waals surface area contributed by atoms with Crippen LogP contribution in [0.2, 0.25) is 0 Å². The van der Waals surface area contributed by atoms with E-state index in [0.29, 0.717) is 11.3 Å². The number of rotatable bonds is 2. The second-order valence-corrected chi connectivity index (χ2v) is 5.10. The van der Waals surface area contributed by atoms with E-state index in [2.05, 4.69) is 15.4 Å². The summed E-state index contributed by atoms with van der Waals surface area (Å²) in [6.07, 6.45) is 1.67. The summed E-state index contributed by atoms with van der Waals surface area (Å²) in [7, 11) is 0. The van der Waals surface area contributed by atoms with Gasteiger partial charge in [-0.25, -0.2) is 9.50 Å². The third kappa shape index (κ3) is 2.38. The van der Waals surface area contributed by atoms with Crippen molar-refractivity contribution in [3.63, 3.8) is 0 Å². The van der Waals surface area contributed by atoms with E-state index in [1.807, 2.05) is 39.0 Å². The molecule has 0 unspecified atom stereocenters. The van der Waals surface area contributed by atoms with Gasteiger partial charge in [-0.1, -0.05) is 18.2 Å². The number of amides is 1. The average Bonchev–Trinajstić information content (AvgIpc) is 2.91. The smallest absolute Gasteiger partial charge is 0.274 e. The number of nitrogens with one attached hydrogen (secondary N) is 1. The maximum Gasteiger partial charge on any atom is 0.274 e. The van der Waals surface area contributed by atoms with Crippen LogP contribution in [0, 0.1) is 20.8 Å². The van der Waals surface area contributed by atoms with Crippen LogP contribution < -0.4 is 5.32 Å². The summed E-state index contributed by atoms with van der Waals surface area (Å²) in [5.41, 5.74) is 4.84. The quantitative estimate of drug-likeness (QED) is 0.785. The molecule has 0 aliphatic rings. The van der Waals surface area contributed by atoms with Crippen molar-refractivity contribution in [3.8, 4) is 0 Å². The van der Waals surface area contributed by atoms with Gasteiger partial charge < -0.3 is 5.32 Å². The van der Waals surface area contributed by atoms with E-state index in [9.17, 15) is 4.79 Å². The maximum absolute atomic E-state index is 12.4. The van der Waals surface area contributed by atoms with E-state index in [1.165, 1.54) is 0 Å². The summed E-state index contributed by atoms with van der Waals surface area (Å²) in [6.45, 7) is 5.85. The topological polar surface area (TPSA) is 59.3 Å². The van der Waals surface area contributed by atoms with Crippen LogP contribution in [0.25, 0.3) is 5.65 Å². The number of nitrogens with zero attached hydrogens (tertiary/aromatic N) is 3. The number of carbonyl (C=O) groups excluding carboxylic acids is 1. The van der Waals surface area contributed by atoms with Gasteiger partial charge in [0.25, 0.3) is 5.91 Å². The van der Waals surface area contributed by atoms with Gasteiger partial charge in [0, 0.05) is 17.4 Å². The molecule has 1 N–H and O–H groups in total. The molecule has 2 heterocycles. The van der Waals surface area contributed by atoms with Gasteiger partial charge in [0.1, 0.15) is 5.69 Å². The van der Waals surface area contributed by atoms with Crippen molar-refractivity contribution in [1.82, 2.24) is 14.6 Å². The Kier molecular flexibility index (Phi) is 3.17. The Labute approximate surface area is 122 Å². The van der Waals surface area contributed by atoms with Crippen molar-refractivity contribution >= 4 is 17.2 Å². The van der Waals surface area contributed by atoms with Crippen LogP contribution in [0.3, 0.4) is 0 Å². The molecule has 5 heteroatoms. The average molecular weight is 280 g/mol. The summed E-state index contributed by atoms with van der Waals surface area (Å²) >= 11 is 0. The fourth-order valence-corrected chi connectivity index (χ4v) is 2.37. The Hall–Kier alpha value is -2.69. The van der Waals surface area contributed by atoms with Crippen LogP contribution in [0.4, 0.5) is 5.69 Å². The first-order valence-corrected chi connectivity index (χ1v) is 6.75. The van der Waals surface area contributed by atoms with Crippen LogP contribution in [0.1, 0.15) is 27.3 Å². The summed E-state index contributed by atoms with van der Waals surface area (Å²) in [5, 5.41) is 7.10. The van der Waals surface area contributed by atoms with Gasteiger partial charge in [0.15, 0.2) is 5.65 Å². The number of aromatic nitrogens is 3. The first-order chi connectivity index (χ1) is 10.1. The van der Waals surface area contributed by atoms with E-state index < -0.39 is 0 Å². The van der Waals surface area contributed by atoms with Crippen LogP contribution in [-0.4, -0.2) is 20.5 Å². The molecule has 2 aromatic heterocycles. The van der Waals surface area contributed by atoms with Gasteiger partial charge in [-0.2, -0.15) is 5.10 Å². The standard InChI is InChI=1S/C16H16N4O/c1-10-5-4-6-11(2)15(10)19-16(21)13-9-12(3)20-14(18-13)7-8-17-20/h4-9H,1-3H3,(H,19,21). The Morgan fingerprint density at radius 2 is 1.86 bits per heavy atom. The van der Waals surface area contributed by atoms with Crippen molar-refractivity contribution in [1.29, 1.82) is 0 Å². The van der Waals surface area contributed by atoms with E-state index >= 15 is 0 Å². The summed E-state index contributed by atoms with van der Waals surface area (Å²) in [4.78, 5) is 16.8. The van der Waals surface area contributed by atoms with E-state index in [1.54, 1.807) is 22.8 Å². The highest BCUT2D eigenvalue weighted by Gasteiger charge is 2.13. The van der Waals surface area contributed by atoms with E-state index in [-0.39, 0.29) is 5.91 Å². The molecule has 0 aliphatic carbocycles. The summed E-state index contributed by atoms with van der Waals surface area (Å²) in [5.74, 6) is -0.209. The van der Waals surface area contributed by atoms with Crippen LogP contribution >= 0.6 is 0 Å². The second kappa shape index (κ2) is 5.01. The van der Waals surface area contributed by atoms with Gasteiger partial charge in [-0.3, -0.25) is 4.79 Å². The van der Waals surface area contributed by atoms with Gasteiger partial charge >= 0.3 is 0 Å². The van der Waals surface area contributed by atoms with Gasteiger partial charge in [-0.15, -0.1) is 0 Å². The van der Waals surface area contributed by atoms with Crippen molar-refractivity contribution in [2.24, 2.45) is 0 Å². The molecule has 1 amide bonds. The van der Waals surface area contributed by atoms with Crippen molar-refractivity contribution < 1.29 is 4.79 Å². The maximum atomic E-state index is 12.4. The normalized spacial score (nSPS) is 10.8. The van der Waals surface area contributed by atoms with E-state index in [0.717, 1.165) is 22.5 Å². The Balaban J connectivity index is 1.97. The van der Waals surface area contributed by atoms with Crippen molar-refractivity contribution in [3.05, 3.63) is 59.0 Å². The zero-order valence-electron chi connectivity index (χ0n) is 12.2. The molecule has 0 aliphatic heterocycles. The first kappa shape index (κ1) is 13.3. The predicted molar refractivity (Wildman–Crippen MR) is 81.6 cm³/mol. The molecule has 0 radical (unpaired) electrons. The molecule has 1 aromatic carbocycles. The molecule has 0 bridgehead atoms. The number of para-hydroxylation sites is 1. The molecule has 0 spiro atoms. The summed E-state index contributed by atoms with van der Waals surface area (Å²) < 4.78 is 1.70. The number of aryl methyl sites for hydroxylation is 3. The van der Waals surface area contributed by atoms with Crippen LogP contribution in [0.5, 0.6) is 0 Å². The van der Waals surface area contributed by atoms with Gasteiger partial charge in [0.2, 0.25) is 0 Å². The molecule has 0 fully saturated rings. The molecular weight excluding hydrogens is 264 g/mol. The first-order valence-electron chi connectivity index (χ1n) is 6.75. The number of carbonyl (C=O) groups is 1. The van der Waals surface area contributed by atoms with Crippen LogP contribution in [0.15, 0.2) is 36.5 Å². The lowest BCUT2D eigenvalue weighted by molar-refractivity contribution is 0.102. The van der Waals surface area contributed by atoms with Crippen molar-refractivity contribution in [2.45, 2.75) is 20.8 Å². The van der Waals surface area contributed by atoms with Gasteiger partial charge in [0.05, 0.1) is 6.20 Å². The highest BCUT2D eigenvalue weighted by atomic mass is 16.1. The third-order valence-corrected chi connectivity index (χ3v) is 3.49. The minimum atomic E-state index is -0.209. The molecule has 3 rings (SSSR count). The molecule has 3 aromatic rings. The SMILES string of the molecule is Cc1cccc(C)c1NC(=O)c1cc(C)n2nccc2n1. The number of fused-ring (bicyclic) bond motifs is 1. The number of anilines is 1. The predicted octanol–water partition coefficient (Wildman–Crippen LogP) is 2.91. The minimum Gasteiger partial charge on any atom is -0.320 e. The molecule has 0 atom stereocenters. The Morgan fingerprint density at radius 1 is 1.14 bits per heavy atom. The summed E-state index contributed by atoms with van der Waals surface area (Å²) in [6, 6.07) is 9.44.